The Balaban J connectivity index is 1.47. The van der Waals surface area contributed by atoms with Gasteiger partial charge in [-0.15, -0.1) is 0 Å². The molecular formula is C21H31N5O. The number of hydrogen-bond donors (Lipinski definition) is 1. The fourth-order valence-corrected chi connectivity index (χ4v) is 3.66. The lowest BCUT2D eigenvalue weighted by molar-refractivity contribution is 0.157. The number of rotatable bonds is 7. The third kappa shape index (κ3) is 5.10. The minimum atomic E-state index is 0.611. The van der Waals surface area contributed by atoms with Gasteiger partial charge < -0.3 is 15.0 Å². The summed E-state index contributed by atoms with van der Waals surface area (Å²) >= 11 is 0. The average molecular weight is 370 g/mol. The summed E-state index contributed by atoms with van der Waals surface area (Å²) in [5.74, 6) is 1.62. The van der Waals surface area contributed by atoms with Crippen LogP contribution in [0.2, 0.25) is 0 Å². The van der Waals surface area contributed by atoms with Crippen molar-refractivity contribution >= 4 is 5.96 Å². The fraction of sp³-hybridized carbons (Fsp3) is 0.524. The van der Waals surface area contributed by atoms with Gasteiger partial charge in [0, 0.05) is 45.9 Å². The zero-order valence-electron chi connectivity index (χ0n) is 16.7. The maximum Gasteiger partial charge on any atom is 0.193 e. The highest BCUT2D eigenvalue weighted by Gasteiger charge is 2.24. The molecule has 2 heterocycles. The quantitative estimate of drug-likeness (QED) is 0.463. The van der Waals surface area contributed by atoms with Gasteiger partial charge in [-0.25, -0.2) is 4.68 Å². The van der Waals surface area contributed by atoms with Crippen molar-refractivity contribution in [3.63, 3.8) is 0 Å². The Morgan fingerprint density at radius 1 is 1.33 bits per heavy atom. The Kier molecular flexibility index (Phi) is 6.87. The summed E-state index contributed by atoms with van der Waals surface area (Å²) in [6, 6.07) is 10.3. The lowest BCUT2D eigenvalue weighted by atomic mass is 10.1. The lowest BCUT2D eigenvalue weighted by Crippen LogP contribution is -2.40. The summed E-state index contributed by atoms with van der Waals surface area (Å²) < 4.78 is 7.25. The van der Waals surface area contributed by atoms with E-state index in [-0.39, 0.29) is 0 Å². The van der Waals surface area contributed by atoms with Crippen molar-refractivity contribution in [2.45, 2.75) is 26.2 Å². The molecule has 0 spiro atoms. The summed E-state index contributed by atoms with van der Waals surface area (Å²) in [6.45, 7) is 5.90. The molecule has 0 radical (unpaired) electrons. The number of aryl methyl sites for hydroxylation is 2. The van der Waals surface area contributed by atoms with Crippen molar-refractivity contribution in [2.24, 2.45) is 10.9 Å². The average Bonchev–Trinajstić information content (AvgIpc) is 3.30. The Morgan fingerprint density at radius 3 is 2.89 bits per heavy atom. The van der Waals surface area contributed by atoms with Crippen LogP contribution in [0.5, 0.6) is 0 Å². The molecule has 1 fully saturated rings. The molecule has 1 aromatic heterocycles. The van der Waals surface area contributed by atoms with E-state index in [1.54, 1.807) is 7.11 Å². The molecule has 1 unspecified atom stereocenters. The summed E-state index contributed by atoms with van der Waals surface area (Å²) in [7, 11) is 3.64. The van der Waals surface area contributed by atoms with Crippen molar-refractivity contribution < 1.29 is 4.74 Å². The maximum atomic E-state index is 5.29. The van der Waals surface area contributed by atoms with Gasteiger partial charge in [0.2, 0.25) is 0 Å². The van der Waals surface area contributed by atoms with Gasteiger partial charge in [0.1, 0.15) is 0 Å². The molecule has 0 aliphatic carbocycles. The Morgan fingerprint density at radius 2 is 2.15 bits per heavy atom. The van der Waals surface area contributed by atoms with Crippen LogP contribution in [0.15, 0.2) is 41.5 Å². The second-order valence-electron chi connectivity index (χ2n) is 7.15. The zero-order chi connectivity index (χ0) is 19.1. The first-order valence-corrected chi connectivity index (χ1v) is 9.76. The third-order valence-electron chi connectivity index (χ3n) is 5.13. The van der Waals surface area contributed by atoms with Crippen molar-refractivity contribution in [2.75, 3.05) is 40.4 Å². The predicted molar refractivity (Wildman–Crippen MR) is 110 cm³/mol. The van der Waals surface area contributed by atoms with Crippen molar-refractivity contribution in [3.8, 4) is 5.69 Å². The molecule has 1 aliphatic rings. The zero-order valence-corrected chi connectivity index (χ0v) is 16.7. The second-order valence-corrected chi connectivity index (χ2v) is 7.15. The van der Waals surface area contributed by atoms with Gasteiger partial charge in [0.25, 0.3) is 0 Å². The SMILES string of the molecule is CN=C(NCCCc1cn(-c2ccccc2)nc1C)N1CCC(COC)C1. The molecule has 6 nitrogen and oxygen atoms in total. The van der Waals surface area contributed by atoms with Crippen LogP contribution in [0.4, 0.5) is 0 Å². The van der Waals surface area contributed by atoms with E-state index < -0.39 is 0 Å². The van der Waals surface area contributed by atoms with Crippen LogP contribution in [-0.4, -0.2) is 61.0 Å². The largest absolute Gasteiger partial charge is 0.384 e. The number of aliphatic imine (C=N–C) groups is 1. The van der Waals surface area contributed by atoms with Crippen molar-refractivity contribution in [1.82, 2.24) is 20.0 Å². The first kappa shape index (κ1) is 19.4. The number of likely N-dealkylation sites (tertiary alicyclic amines) is 1. The number of hydrogen-bond acceptors (Lipinski definition) is 3. The van der Waals surface area contributed by atoms with Gasteiger partial charge >= 0.3 is 0 Å². The standard InChI is InChI=1S/C21H31N5O/c1-17-19(15-26(24-17)20-9-5-4-6-10-20)8-7-12-23-21(22-2)25-13-11-18(14-25)16-27-3/h4-6,9-10,15,18H,7-8,11-14,16H2,1-3H3,(H,22,23). The number of ether oxygens (including phenoxy) is 1. The summed E-state index contributed by atoms with van der Waals surface area (Å²) in [6.07, 6.45) is 5.38. The molecule has 0 amide bonds. The molecule has 3 rings (SSSR count). The van der Waals surface area contributed by atoms with E-state index in [0.717, 1.165) is 56.4 Å². The van der Waals surface area contributed by atoms with E-state index in [0.29, 0.717) is 5.92 Å². The number of benzene rings is 1. The van der Waals surface area contributed by atoms with E-state index in [1.807, 2.05) is 29.9 Å². The van der Waals surface area contributed by atoms with Crippen LogP contribution >= 0.6 is 0 Å². The van der Waals surface area contributed by atoms with E-state index in [9.17, 15) is 0 Å². The summed E-state index contributed by atoms with van der Waals surface area (Å²) in [5.41, 5.74) is 3.51. The van der Waals surface area contributed by atoms with Gasteiger partial charge in [0.15, 0.2) is 5.96 Å². The minimum Gasteiger partial charge on any atom is -0.384 e. The first-order chi connectivity index (χ1) is 13.2. The monoisotopic (exact) mass is 369 g/mol. The number of nitrogens with one attached hydrogen (secondary N) is 1. The summed E-state index contributed by atoms with van der Waals surface area (Å²) in [5, 5.41) is 8.16. The van der Waals surface area contributed by atoms with Crippen LogP contribution in [-0.2, 0) is 11.2 Å². The highest BCUT2D eigenvalue weighted by Crippen LogP contribution is 2.16. The minimum absolute atomic E-state index is 0.611. The number of nitrogens with zero attached hydrogens (tertiary/aromatic N) is 4. The molecule has 1 N–H and O–H groups in total. The molecule has 146 valence electrons. The molecule has 6 heteroatoms. The van der Waals surface area contributed by atoms with Crippen LogP contribution in [0.3, 0.4) is 0 Å². The molecule has 1 atom stereocenters. The van der Waals surface area contributed by atoms with E-state index in [4.69, 9.17) is 4.74 Å². The topological polar surface area (TPSA) is 54.7 Å². The molecule has 1 aromatic carbocycles. The molecule has 0 saturated carbocycles. The normalized spacial score (nSPS) is 17.5. The van der Waals surface area contributed by atoms with E-state index in [2.05, 4.69) is 45.6 Å². The van der Waals surface area contributed by atoms with Gasteiger partial charge in [-0.3, -0.25) is 4.99 Å². The van der Waals surface area contributed by atoms with Crippen molar-refractivity contribution in [1.29, 1.82) is 0 Å². The van der Waals surface area contributed by atoms with E-state index >= 15 is 0 Å². The lowest BCUT2D eigenvalue weighted by Gasteiger charge is -2.21. The number of methoxy groups -OCH3 is 1. The number of aromatic nitrogens is 2. The molecule has 2 aromatic rings. The Hall–Kier alpha value is -2.34. The number of para-hydroxylation sites is 1. The predicted octanol–water partition coefficient (Wildman–Crippen LogP) is 2.66. The van der Waals surface area contributed by atoms with Crippen molar-refractivity contribution in [3.05, 3.63) is 47.8 Å². The van der Waals surface area contributed by atoms with Crippen LogP contribution in [0, 0.1) is 12.8 Å². The fourth-order valence-electron chi connectivity index (χ4n) is 3.66. The van der Waals surface area contributed by atoms with Gasteiger partial charge in [-0.2, -0.15) is 5.10 Å². The maximum absolute atomic E-state index is 5.29. The van der Waals surface area contributed by atoms with Crippen LogP contribution in [0.1, 0.15) is 24.1 Å². The Bertz CT molecular complexity index is 740. The molecule has 1 saturated heterocycles. The van der Waals surface area contributed by atoms with Crippen LogP contribution in [0.25, 0.3) is 5.69 Å². The molecule has 1 aliphatic heterocycles. The van der Waals surface area contributed by atoms with Gasteiger partial charge in [-0.1, -0.05) is 18.2 Å². The molecular weight excluding hydrogens is 338 g/mol. The summed E-state index contributed by atoms with van der Waals surface area (Å²) in [4.78, 5) is 6.78. The van der Waals surface area contributed by atoms with Gasteiger partial charge in [-0.05, 0) is 43.9 Å². The highest BCUT2D eigenvalue weighted by atomic mass is 16.5. The smallest absolute Gasteiger partial charge is 0.193 e. The van der Waals surface area contributed by atoms with Gasteiger partial charge in [0.05, 0.1) is 18.0 Å². The second kappa shape index (κ2) is 9.55. The van der Waals surface area contributed by atoms with E-state index in [1.165, 1.54) is 12.0 Å². The Labute approximate surface area is 162 Å². The highest BCUT2D eigenvalue weighted by molar-refractivity contribution is 5.80. The third-order valence-corrected chi connectivity index (χ3v) is 5.13. The number of guanidine groups is 1. The molecule has 0 bridgehead atoms. The first-order valence-electron chi connectivity index (χ1n) is 9.76. The van der Waals surface area contributed by atoms with Crippen LogP contribution < -0.4 is 5.32 Å². The molecule has 27 heavy (non-hydrogen) atoms.